The van der Waals surface area contributed by atoms with Gasteiger partial charge in [-0.25, -0.2) is 4.98 Å². The minimum atomic E-state index is -0.217. The standard InChI is InChI=1S/C9H7BrN2O2/c1-5-2-3-14-7(5)8-11-4-6(10)9(13)12-8/h2-4H,1H3,(H,11,12,13). The van der Waals surface area contributed by atoms with E-state index in [0.29, 0.717) is 16.1 Å². The van der Waals surface area contributed by atoms with E-state index in [1.807, 2.05) is 13.0 Å². The number of hydrogen-bond donors (Lipinski definition) is 1. The van der Waals surface area contributed by atoms with Crippen LogP contribution in [0.25, 0.3) is 11.6 Å². The molecule has 5 heteroatoms. The summed E-state index contributed by atoms with van der Waals surface area (Å²) in [4.78, 5) is 17.9. The average Bonchev–Trinajstić information content (AvgIpc) is 2.57. The molecule has 2 heterocycles. The van der Waals surface area contributed by atoms with Gasteiger partial charge in [-0.2, -0.15) is 0 Å². The van der Waals surface area contributed by atoms with Gasteiger partial charge in [0.2, 0.25) is 0 Å². The summed E-state index contributed by atoms with van der Waals surface area (Å²) in [5.74, 6) is 1.04. The molecule has 0 atom stereocenters. The van der Waals surface area contributed by atoms with Gasteiger partial charge in [0.15, 0.2) is 11.6 Å². The summed E-state index contributed by atoms with van der Waals surface area (Å²) in [6, 6.07) is 1.82. The quantitative estimate of drug-likeness (QED) is 0.848. The molecule has 0 aromatic carbocycles. The van der Waals surface area contributed by atoms with Crippen molar-refractivity contribution in [3.05, 3.63) is 38.9 Å². The fourth-order valence-corrected chi connectivity index (χ4v) is 1.31. The van der Waals surface area contributed by atoms with Crippen LogP contribution in [-0.2, 0) is 0 Å². The normalized spacial score (nSPS) is 10.4. The molecule has 0 bridgehead atoms. The maximum Gasteiger partial charge on any atom is 0.265 e. The second-order valence-electron chi connectivity index (χ2n) is 2.84. The molecule has 2 aromatic heterocycles. The van der Waals surface area contributed by atoms with Crippen LogP contribution in [0.1, 0.15) is 5.56 Å². The van der Waals surface area contributed by atoms with Crippen molar-refractivity contribution in [1.29, 1.82) is 0 Å². The second-order valence-corrected chi connectivity index (χ2v) is 3.70. The molecule has 0 unspecified atom stereocenters. The summed E-state index contributed by atoms with van der Waals surface area (Å²) in [6.07, 6.45) is 3.02. The first-order valence-electron chi connectivity index (χ1n) is 3.98. The number of aromatic amines is 1. The molecule has 1 N–H and O–H groups in total. The summed E-state index contributed by atoms with van der Waals surface area (Å²) in [5.41, 5.74) is 0.723. The third kappa shape index (κ3) is 1.50. The number of H-pyrrole nitrogens is 1. The Morgan fingerprint density at radius 2 is 2.36 bits per heavy atom. The van der Waals surface area contributed by atoms with E-state index in [0.717, 1.165) is 5.56 Å². The van der Waals surface area contributed by atoms with Gasteiger partial charge in [-0.05, 0) is 34.5 Å². The summed E-state index contributed by atoms with van der Waals surface area (Å²) < 4.78 is 5.61. The van der Waals surface area contributed by atoms with Crippen molar-refractivity contribution in [2.45, 2.75) is 6.92 Å². The zero-order valence-electron chi connectivity index (χ0n) is 7.37. The Kier molecular flexibility index (Phi) is 2.25. The molecule has 14 heavy (non-hydrogen) atoms. The molecule has 0 spiro atoms. The number of rotatable bonds is 1. The number of hydrogen-bond acceptors (Lipinski definition) is 3. The van der Waals surface area contributed by atoms with Crippen LogP contribution in [0.15, 0.2) is 32.2 Å². The number of nitrogens with zero attached hydrogens (tertiary/aromatic N) is 1. The topological polar surface area (TPSA) is 58.9 Å². The van der Waals surface area contributed by atoms with Gasteiger partial charge in [-0.3, -0.25) is 4.79 Å². The Morgan fingerprint density at radius 1 is 1.57 bits per heavy atom. The number of furan rings is 1. The Morgan fingerprint density at radius 3 is 2.93 bits per heavy atom. The van der Waals surface area contributed by atoms with Gasteiger partial charge in [0.1, 0.15) is 4.47 Å². The lowest BCUT2D eigenvalue weighted by atomic mass is 10.3. The minimum absolute atomic E-state index is 0.217. The van der Waals surface area contributed by atoms with Crippen molar-refractivity contribution in [3.63, 3.8) is 0 Å². The van der Waals surface area contributed by atoms with Crippen LogP contribution < -0.4 is 5.56 Å². The van der Waals surface area contributed by atoms with Crippen molar-refractivity contribution in [3.8, 4) is 11.6 Å². The van der Waals surface area contributed by atoms with Gasteiger partial charge in [0.05, 0.1) is 6.26 Å². The zero-order chi connectivity index (χ0) is 10.1. The zero-order valence-corrected chi connectivity index (χ0v) is 8.96. The Labute approximate surface area is 88.1 Å². The van der Waals surface area contributed by atoms with Gasteiger partial charge in [0, 0.05) is 6.20 Å². The van der Waals surface area contributed by atoms with Gasteiger partial charge < -0.3 is 9.40 Å². The van der Waals surface area contributed by atoms with E-state index in [9.17, 15) is 4.79 Å². The van der Waals surface area contributed by atoms with E-state index >= 15 is 0 Å². The molecule has 2 rings (SSSR count). The molecule has 0 saturated carbocycles. The summed E-state index contributed by atoms with van der Waals surface area (Å²) in [6.45, 7) is 1.89. The first kappa shape index (κ1) is 9.21. The molecule has 0 aliphatic carbocycles. The first-order valence-corrected chi connectivity index (χ1v) is 4.77. The number of aryl methyl sites for hydroxylation is 1. The van der Waals surface area contributed by atoms with Crippen LogP contribution in [0.5, 0.6) is 0 Å². The molecular weight excluding hydrogens is 248 g/mol. The largest absolute Gasteiger partial charge is 0.461 e. The molecule has 4 nitrogen and oxygen atoms in total. The van der Waals surface area contributed by atoms with E-state index in [1.165, 1.54) is 6.20 Å². The molecule has 0 aliphatic heterocycles. The fourth-order valence-electron chi connectivity index (χ4n) is 1.11. The lowest BCUT2D eigenvalue weighted by molar-refractivity contribution is 0.575. The van der Waals surface area contributed by atoms with Crippen molar-refractivity contribution < 1.29 is 4.42 Å². The van der Waals surface area contributed by atoms with Crippen molar-refractivity contribution in [1.82, 2.24) is 9.97 Å². The summed E-state index contributed by atoms with van der Waals surface area (Å²) in [5, 5.41) is 0. The fraction of sp³-hybridized carbons (Fsp3) is 0.111. The molecule has 72 valence electrons. The van der Waals surface area contributed by atoms with Gasteiger partial charge in [-0.15, -0.1) is 0 Å². The first-order chi connectivity index (χ1) is 6.68. The molecule has 0 aliphatic rings. The van der Waals surface area contributed by atoms with E-state index in [1.54, 1.807) is 6.26 Å². The van der Waals surface area contributed by atoms with E-state index in [2.05, 4.69) is 25.9 Å². The maximum atomic E-state index is 11.3. The Bertz CT molecular complexity index is 516. The lowest BCUT2D eigenvalue weighted by Gasteiger charge is -1.97. The number of nitrogens with one attached hydrogen (secondary N) is 1. The third-order valence-corrected chi connectivity index (χ3v) is 2.40. The van der Waals surface area contributed by atoms with E-state index in [-0.39, 0.29) is 5.56 Å². The highest BCUT2D eigenvalue weighted by Gasteiger charge is 2.08. The molecule has 0 amide bonds. The van der Waals surface area contributed by atoms with Crippen LogP contribution in [0.3, 0.4) is 0 Å². The molecule has 2 aromatic rings. The SMILES string of the molecule is Cc1ccoc1-c1ncc(Br)c(=O)[nH]1. The van der Waals surface area contributed by atoms with Crippen molar-refractivity contribution in [2.24, 2.45) is 0 Å². The highest BCUT2D eigenvalue weighted by Crippen LogP contribution is 2.19. The van der Waals surface area contributed by atoms with Gasteiger partial charge >= 0.3 is 0 Å². The predicted molar refractivity (Wildman–Crippen MR) is 55.0 cm³/mol. The third-order valence-electron chi connectivity index (χ3n) is 1.83. The second kappa shape index (κ2) is 3.42. The van der Waals surface area contributed by atoms with Crippen molar-refractivity contribution >= 4 is 15.9 Å². The molecule has 0 saturated heterocycles. The average molecular weight is 255 g/mol. The molecule has 0 radical (unpaired) electrons. The summed E-state index contributed by atoms with van der Waals surface area (Å²) >= 11 is 3.07. The van der Waals surface area contributed by atoms with Crippen LogP contribution in [0.4, 0.5) is 0 Å². The Hall–Kier alpha value is -1.36. The molecule has 0 fully saturated rings. The highest BCUT2D eigenvalue weighted by atomic mass is 79.9. The summed E-state index contributed by atoms with van der Waals surface area (Å²) in [7, 11) is 0. The number of halogens is 1. The van der Waals surface area contributed by atoms with E-state index in [4.69, 9.17) is 4.42 Å². The van der Waals surface area contributed by atoms with Crippen molar-refractivity contribution in [2.75, 3.05) is 0 Å². The minimum Gasteiger partial charge on any atom is -0.461 e. The molecular formula is C9H7BrN2O2. The van der Waals surface area contributed by atoms with Gasteiger partial charge in [0.25, 0.3) is 5.56 Å². The lowest BCUT2D eigenvalue weighted by Crippen LogP contribution is -2.08. The van der Waals surface area contributed by atoms with Crippen LogP contribution in [-0.4, -0.2) is 9.97 Å². The van der Waals surface area contributed by atoms with Crippen LogP contribution >= 0.6 is 15.9 Å². The monoisotopic (exact) mass is 254 g/mol. The number of aromatic nitrogens is 2. The van der Waals surface area contributed by atoms with Gasteiger partial charge in [-0.1, -0.05) is 0 Å². The predicted octanol–water partition coefficient (Wildman–Crippen LogP) is 2.10. The van der Waals surface area contributed by atoms with Crippen LogP contribution in [0, 0.1) is 6.92 Å². The van der Waals surface area contributed by atoms with E-state index < -0.39 is 0 Å². The van der Waals surface area contributed by atoms with Crippen LogP contribution in [0.2, 0.25) is 0 Å². The Balaban J connectivity index is 2.59. The smallest absolute Gasteiger partial charge is 0.265 e. The maximum absolute atomic E-state index is 11.3. The highest BCUT2D eigenvalue weighted by molar-refractivity contribution is 9.10.